The number of thiazole rings is 1. The molecule has 0 aliphatic heterocycles. The zero-order valence-corrected chi connectivity index (χ0v) is 14.6. The van der Waals surface area contributed by atoms with Crippen LogP contribution in [0, 0.1) is 6.92 Å². The average Bonchev–Trinajstić information content (AvgIpc) is 2.91. The van der Waals surface area contributed by atoms with Gasteiger partial charge in [-0.05, 0) is 32.9 Å². The third-order valence-electron chi connectivity index (χ3n) is 3.07. The lowest BCUT2D eigenvalue weighted by atomic mass is 10.1. The van der Waals surface area contributed by atoms with Gasteiger partial charge in [0.1, 0.15) is 17.4 Å². The summed E-state index contributed by atoms with van der Waals surface area (Å²) in [6, 6.07) is 7.88. The molecule has 0 radical (unpaired) electrons. The number of nitrogens with one attached hydrogen (secondary N) is 1. The van der Waals surface area contributed by atoms with E-state index in [1.54, 1.807) is 0 Å². The van der Waals surface area contributed by atoms with Gasteiger partial charge in [-0.1, -0.05) is 17.7 Å². The molecular formula is C17H23N3O2S. The summed E-state index contributed by atoms with van der Waals surface area (Å²) >= 11 is 1.50. The van der Waals surface area contributed by atoms with Crippen molar-refractivity contribution in [1.29, 1.82) is 0 Å². The van der Waals surface area contributed by atoms with Gasteiger partial charge in [-0.3, -0.25) is 4.79 Å². The fourth-order valence-electron chi connectivity index (χ4n) is 1.83. The predicted molar refractivity (Wildman–Crippen MR) is 92.6 cm³/mol. The first-order valence-corrected chi connectivity index (χ1v) is 8.38. The first-order chi connectivity index (χ1) is 10.8. The van der Waals surface area contributed by atoms with Crippen LogP contribution in [0.25, 0.3) is 0 Å². The molecule has 1 aromatic heterocycles. The summed E-state index contributed by atoms with van der Waals surface area (Å²) in [5, 5.41) is 5.56. The number of nitrogens with two attached hydrogens (primary N) is 1. The molecular weight excluding hydrogens is 310 g/mol. The predicted octanol–water partition coefficient (Wildman–Crippen LogP) is 2.43. The highest BCUT2D eigenvalue weighted by atomic mass is 32.1. The van der Waals surface area contributed by atoms with Gasteiger partial charge in [-0.25, -0.2) is 4.98 Å². The van der Waals surface area contributed by atoms with Crippen molar-refractivity contribution in [2.75, 3.05) is 6.54 Å². The Hall–Kier alpha value is -1.92. The molecule has 0 saturated heterocycles. The van der Waals surface area contributed by atoms with E-state index in [0.717, 1.165) is 16.5 Å². The molecule has 0 unspecified atom stereocenters. The summed E-state index contributed by atoms with van der Waals surface area (Å²) in [6.45, 7) is 6.63. The van der Waals surface area contributed by atoms with Crippen LogP contribution in [0.5, 0.6) is 5.75 Å². The highest BCUT2D eigenvalue weighted by Gasteiger charge is 2.13. The zero-order chi connectivity index (χ0) is 16.9. The largest absolute Gasteiger partial charge is 0.486 e. The molecule has 0 saturated carbocycles. The Bertz CT molecular complexity index is 645. The Morgan fingerprint density at radius 2 is 2.04 bits per heavy atom. The maximum absolute atomic E-state index is 11.8. The second-order valence-electron chi connectivity index (χ2n) is 6.28. The van der Waals surface area contributed by atoms with E-state index < -0.39 is 5.54 Å². The van der Waals surface area contributed by atoms with Crippen LogP contribution in [0.1, 0.15) is 30.1 Å². The van der Waals surface area contributed by atoms with Crippen LogP contribution in [-0.4, -0.2) is 23.0 Å². The number of carbonyl (C=O) groups excluding carboxylic acids is 1. The monoisotopic (exact) mass is 333 g/mol. The molecule has 0 aliphatic carbocycles. The van der Waals surface area contributed by atoms with Gasteiger partial charge in [-0.2, -0.15) is 0 Å². The first kappa shape index (κ1) is 17.4. The molecule has 124 valence electrons. The second kappa shape index (κ2) is 7.57. The maximum Gasteiger partial charge on any atom is 0.226 e. The van der Waals surface area contributed by atoms with E-state index in [1.165, 1.54) is 16.9 Å². The van der Waals surface area contributed by atoms with Gasteiger partial charge >= 0.3 is 0 Å². The van der Waals surface area contributed by atoms with Crippen LogP contribution >= 0.6 is 11.3 Å². The number of rotatable bonds is 7. The van der Waals surface area contributed by atoms with Gasteiger partial charge in [0.15, 0.2) is 0 Å². The fourth-order valence-corrected chi connectivity index (χ4v) is 2.53. The van der Waals surface area contributed by atoms with Gasteiger partial charge in [0.2, 0.25) is 5.91 Å². The van der Waals surface area contributed by atoms with Crippen molar-refractivity contribution in [3.63, 3.8) is 0 Å². The summed E-state index contributed by atoms with van der Waals surface area (Å²) in [7, 11) is 0. The minimum Gasteiger partial charge on any atom is -0.486 e. The van der Waals surface area contributed by atoms with E-state index in [-0.39, 0.29) is 12.3 Å². The Morgan fingerprint density at radius 1 is 1.35 bits per heavy atom. The van der Waals surface area contributed by atoms with Crippen LogP contribution in [0.4, 0.5) is 0 Å². The topological polar surface area (TPSA) is 77.2 Å². The summed E-state index contributed by atoms with van der Waals surface area (Å²) < 4.78 is 5.69. The van der Waals surface area contributed by atoms with E-state index in [9.17, 15) is 4.79 Å². The summed E-state index contributed by atoms with van der Waals surface area (Å²) in [4.78, 5) is 16.3. The number of aromatic nitrogens is 1. The molecule has 2 rings (SSSR count). The van der Waals surface area contributed by atoms with Crippen molar-refractivity contribution >= 4 is 17.2 Å². The third kappa shape index (κ3) is 6.38. The van der Waals surface area contributed by atoms with E-state index in [4.69, 9.17) is 10.5 Å². The molecule has 6 heteroatoms. The lowest BCUT2D eigenvalue weighted by Crippen LogP contribution is -2.45. The van der Waals surface area contributed by atoms with Gasteiger partial charge in [0, 0.05) is 17.5 Å². The van der Waals surface area contributed by atoms with E-state index in [2.05, 4.69) is 10.3 Å². The lowest BCUT2D eigenvalue weighted by Gasteiger charge is -2.18. The highest BCUT2D eigenvalue weighted by molar-refractivity contribution is 7.09. The molecule has 2 aromatic rings. The zero-order valence-electron chi connectivity index (χ0n) is 13.8. The molecule has 0 fully saturated rings. The Morgan fingerprint density at radius 3 is 2.70 bits per heavy atom. The average molecular weight is 333 g/mol. The number of carbonyl (C=O) groups is 1. The summed E-state index contributed by atoms with van der Waals surface area (Å²) in [6.07, 6.45) is 0.261. The van der Waals surface area contributed by atoms with Crippen LogP contribution in [-0.2, 0) is 17.8 Å². The Balaban J connectivity index is 1.81. The number of ether oxygens (including phenoxy) is 1. The summed E-state index contributed by atoms with van der Waals surface area (Å²) in [5.41, 5.74) is 7.38. The van der Waals surface area contributed by atoms with Crippen LogP contribution in [0.2, 0.25) is 0 Å². The van der Waals surface area contributed by atoms with Gasteiger partial charge < -0.3 is 15.8 Å². The molecule has 3 N–H and O–H groups in total. The molecule has 1 amide bonds. The van der Waals surface area contributed by atoms with Crippen LogP contribution in [0.3, 0.4) is 0 Å². The summed E-state index contributed by atoms with van der Waals surface area (Å²) in [5.74, 6) is 0.745. The van der Waals surface area contributed by atoms with E-state index >= 15 is 0 Å². The van der Waals surface area contributed by atoms with E-state index in [1.807, 2.05) is 50.4 Å². The van der Waals surface area contributed by atoms with Crippen molar-refractivity contribution < 1.29 is 9.53 Å². The molecule has 23 heavy (non-hydrogen) atoms. The Labute approximate surface area is 140 Å². The van der Waals surface area contributed by atoms with Gasteiger partial charge in [0.25, 0.3) is 0 Å². The molecule has 0 atom stereocenters. The Kier molecular flexibility index (Phi) is 5.74. The highest BCUT2D eigenvalue weighted by Crippen LogP contribution is 2.16. The molecule has 0 aliphatic rings. The quantitative estimate of drug-likeness (QED) is 0.816. The number of benzene rings is 1. The van der Waals surface area contributed by atoms with Crippen molar-refractivity contribution in [3.05, 3.63) is 45.9 Å². The van der Waals surface area contributed by atoms with Crippen LogP contribution in [0.15, 0.2) is 29.6 Å². The minimum absolute atomic E-state index is 0.0696. The molecule has 1 aromatic carbocycles. The molecule has 1 heterocycles. The number of amides is 1. The standard InChI is InChI=1S/C17H23N3O2S/c1-12-4-6-14(7-5-12)22-9-16-20-13(10-23-16)8-15(21)19-11-17(2,3)18/h4-7,10H,8-9,11,18H2,1-3H3,(H,19,21). The second-order valence-corrected chi connectivity index (χ2v) is 7.22. The fraction of sp³-hybridized carbons (Fsp3) is 0.412. The minimum atomic E-state index is -0.412. The number of nitrogens with zero attached hydrogens (tertiary/aromatic N) is 1. The number of aryl methyl sites for hydroxylation is 1. The third-order valence-corrected chi connectivity index (χ3v) is 3.94. The molecule has 0 spiro atoms. The van der Waals surface area contributed by atoms with Gasteiger partial charge in [0.05, 0.1) is 12.1 Å². The smallest absolute Gasteiger partial charge is 0.226 e. The first-order valence-electron chi connectivity index (χ1n) is 7.50. The number of hydrogen-bond donors (Lipinski definition) is 2. The van der Waals surface area contributed by atoms with Crippen molar-refractivity contribution in [3.8, 4) is 5.75 Å². The van der Waals surface area contributed by atoms with Crippen molar-refractivity contribution in [2.24, 2.45) is 5.73 Å². The number of hydrogen-bond acceptors (Lipinski definition) is 5. The van der Waals surface area contributed by atoms with Crippen LogP contribution < -0.4 is 15.8 Å². The van der Waals surface area contributed by atoms with E-state index in [0.29, 0.717) is 13.2 Å². The lowest BCUT2D eigenvalue weighted by molar-refractivity contribution is -0.120. The molecule has 0 bridgehead atoms. The normalized spacial score (nSPS) is 11.3. The van der Waals surface area contributed by atoms with Crippen molar-refractivity contribution in [1.82, 2.24) is 10.3 Å². The van der Waals surface area contributed by atoms with Crippen molar-refractivity contribution in [2.45, 2.75) is 39.3 Å². The maximum atomic E-state index is 11.8. The van der Waals surface area contributed by atoms with Gasteiger partial charge in [-0.15, -0.1) is 11.3 Å². The SMILES string of the molecule is Cc1ccc(OCc2nc(CC(=O)NCC(C)(C)N)cs2)cc1. The molecule has 5 nitrogen and oxygen atoms in total.